The lowest BCUT2D eigenvalue weighted by molar-refractivity contribution is -0.384. The van der Waals surface area contributed by atoms with Gasteiger partial charge >= 0.3 is 5.97 Å². The lowest BCUT2D eigenvalue weighted by atomic mass is 10.2. The first-order valence-electron chi connectivity index (χ1n) is 8.45. The minimum atomic E-state index is -0.732. The second-order valence-electron chi connectivity index (χ2n) is 6.06. The number of nitrogens with one attached hydrogen (secondary N) is 1. The van der Waals surface area contributed by atoms with Crippen LogP contribution in [0.3, 0.4) is 0 Å². The largest absolute Gasteiger partial charge is 0.454 e. The van der Waals surface area contributed by atoms with Crippen molar-refractivity contribution in [1.29, 1.82) is 0 Å². The zero-order chi connectivity index (χ0) is 20.3. The van der Waals surface area contributed by atoms with Crippen molar-refractivity contribution in [3.8, 4) is 0 Å². The fourth-order valence-corrected chi connectivity index (χ4v) is 3.37. The number of aromatic amines is 1. The number of carbonyl (C=O) groups excluding carboxylic acids is 1. The van der Waals surface area contributed by atoms with Crippen molar-refractivity contribution in [3.05, 3.63) is 74.8 Å². The molecule has 0 bridgehead atoms. The van der Waals surface area contributed by atoms with Crippen LogP contribution in [-0.2, 0) is 9.53 Å². The number of rotatable bonds is 6. The molecule has 144 valence electrons. The highest BCUT2D eigenvalue weighted by atomic mass is 32.2. The first-order chi connectivity index (χ1) is 13.3. The number of hydrogen-bond acceptors (Lipinski definition) is 7. The van der Waals surface area contributed by atoms with E-state index >= 15 is 0 Å². The van der Waals surface area contributed by atoms with Gasteiger partial charge in [-0.1, -0.05) is 12.1 Å². The molecular weight excluding hydrogens is 382 g/mol. The Morgan fingerprint density at radius 3 is 2.54 bits per heavy atom. The maximum atomic E-state index is 12.4. The summed E-state index contributed by atoms with van der Waals surface area (Å²) in [5, 5.41) is 10.6. The molecule has 0 amide bonds. The predicted octanol–water partition coefficient (Wildman–Crippen LogP) is 3.62. The second kappa shape index (κ2) is 8.22. The van der Waals surface area contributed by atoms with Crippen LogP contribution >= 0.6 is 11.8 Å². The monoisotopic (exact) mass is 399 g/mol. The van der Waals surface area contributed by atoms with E-state index in [0.29, 0.717) is 15.8 Å². The molecule has 0 saturated carbocycles. The minimum Gasteiger partial charge on any atom is -0.454 e. The molecule has 3 aromatic rings. The molecule has 3 rings (SSSR count). The highest BCUT2D eigenvalue weighted by Gasteiger charge is 2.21. The maximum Gasteiger partial charge on any atom is 0.319 e. The Morgan fingerprint density at radius 1 is 1.18 bits per heavy atom. The molecule has 2 aromatic carbocycles. The molecular formula is C19H17N3O5S. The van der Waals surface area contributed by atoms with E-state index in [1.54, 1.807) is 50.2 Å². The van der Waals surface area contributed by atoms with Crippen molar-refractivity contribution in [3.63, 3.8) is 0 Å². The van der Waals surface area contributed by atoms with E-state index in [9.17, 15) is 19.7 Å². The lowest BCUT2D eigenvalue weighted by Crippen LogP contribution is -2.22. The summed E-state index contributed by atoms with van der Waals surface area (Å²) in [4.78, 5) is 42.5. The van der Waals surface area contributed by atoms with E-state index in [0.717, 1.165) is 0 Å². The van der Waals surface area contributed by atoms with Crippen molar-refractivity contribution in [1.82, 2.24) is 9.97 Å². The van der Waals surface area contributed by atoms with Crippen LogP contribution in [0.4, 0.5) is 5.69 Å². The molecule has 0 aliphatic rings. The zero-order valence-corrected chi connectivity index (χ0v) is 15.9. The number of benzene rings is 2. The van der Waals surface area contributed by atoms with Gasteiger partial charge in [0.15, 0.2) is 11.9 Å². The summed E-state index contributed by atoms with van der Waals surface area (Å²) in [5.41, 5.74) is 0.216. The SMILES string of the molecule is C[C@H](Sc1ccc([N+](=O)[O-])cc1)C(=O)O[C@H](C)c1nc2ccccc2c(=O)[nH]1. The number of fused-ring (bicyclic) bond motifs is 1. The van der Waals surface area contributed by atoms with Crippen LogP contribution in [-0.4, -0.2) is 26.1 Å². The van der Waals surface area contributed by atoms with Gasteiger partial charge in [0.05, 0.1) is 15.8 Å². The fraction of sp³-hybridized carbons (Fsp3) is 0.211. The van der Waals surface area contributed by atoms with Gasteiger partial charge in [0.25, 0.3) is 11.2 Å². The Bertz CT molecular complexity index is 1080. The Kier molecular flexibility index (Phi) is 5.74. The zero-order valence-electron chi connectivity index (χ0n) is 15.1. The molecule has 0 spiro atoms. The van der Waals surface area contributed by atoms with E-state index < -0.39 is 22.2 Å². The van der Waals surface area contributed by atoms with Crippen LogP contribution in [0.15, 0.2) is 58.2 Å². The number of non-ortho nitro benzene ring substituents is 1. The van der Waals surface area contributed by atoms with E-state index in [-0.39, 0.29) is 17.1 Å². The summed E-state index contributed by atoms with van der Waals surface area (Å²) in [6.45, 7) is 3.31. The van der Waals surface area contributed by atoms with Gasteiger partial charge in [-0.25, -0.2) is 4.98 Å². The average Bonchev–Trinajstić information content (AvgIpc) is 2.68. The Balaban J connectivity index is 1.68. The smallest absolute Gasteiger partial charge is 0.319 e. The van der Waals surface area contributed by atoms with Gasteiger partial charge in [-0.05, 0) is 38.1 Å². The van der Waals surface area contributed by atoms with E-state index in [1.165, 1.54) is 23.9 Å². The summed E-state index contributed by atoms with van der Waals surface area (Å²) in [6.07, 6.45) is -0.732. The number of carbonyl (C=O) groups is 1. The first kappa shape index (κ1) is 19.6. The Labute approximate surface area is 164 Å². The molecule has 0 radical (unpaired) electrons. The average molecular weight is 399 g/mol. The summed E-state index contributed by atoms with van der Waals surface area (Å²) in [5.74, 6) is -0.212. The first-order valence-corrected chi connectivity index (χ1v) is 9.33. The summed E-state index contributed by atoms with van der Waals surface area (Å²) in [7, 11) is 0. The number of nitro groups is 1. The van der Waals surface area contributed by atoms with Crippen LogP contribution in [0, 0.1) is 10.1 Å². The number of nitro benzene ring substituents is 1. The molecule has 9 heteroatoms. The van der Waals surface area contributed by atoms with Crippen LogP contribution in [0.25, 0.3) is 10.9 Å². The molecule has 0 aliphatic heterocycles. The van der Waals surface area contributed by atoms with E-state index in [4.69, 9.17) is 4.74 Å². The van der Waals surface area contributed by atoms with Gasteiger partial charge in [0.2, 0.25) is 0 Å². The number of ether oxygens (including phenoxy) is 1. The molecule has 28 heavy (non-hydrogen) atoms. The number of H-pyrrole nitrogens is 1. The number of para-hydroxylation sites is 1. The molecule has 1 N–H and O–H groups in total. The highest BCUT2D eigenvalue weighted by molar-refractivity contribution is 8.00. The van der Waals surface area contributed by atoms with Crippen LogP contribution in [0.5, 0.6) is 0 Å². The van der Waals surface area contributed by atoms with E-state index in [2.05, 4.69) is 9.97 Å². The minimum absolute atomic E-state index is 0.0143. The van der Waals surface area contributed by atoms with Gasteiger partial charge in [0, 0.05) is 17.0 Å². The number of aromatic nitrogens is 2. The lowest BCUT2D eigenvalue weighted by Gasteiger charge is -2.16. The van der Waals surface area contributed by atoms with Crippen molar-refractivity contribution in [2.24, 2.45) is 0 Å². The summed E-state index contributed by atoms with van der Waals surface area (Å²) >= 11 is 1.23. The van der Waals surface area contributed by atoms with Crippen LogP contribution in [0.2, 0.25) is 0 Å². The van der Waals surface area contributed by atoms with Crippen molar-refractivity contribution in [2.75, 3.05) is 0 Å². The molecule has 0 saturated heterocycles. The van der Waals surface area contributed by atoms with E-state index in [1.807, 2.05) is 0 Å². The van der Waals surface area contributed by atoms with Crippen LogP contribution < -0.4 is 5.56 Å². The molecule has 1 heterocycles. The molecule has 8 nitrogen and oxygen atoms in total. The quantitative estimate of drug-likeness (QED) is 0.291. The van der Waals surface area contributed by atoms with Crippen molar-refractivity contribution in [2.45, 2.75) is 30.1 Å². The van der Waals surface area contributed by atoms with Gasteiger partial charge in [-0.15, -0.1) is 11.8 Å². The standard InChI is InChI=1S/C19H17N3O5S/c1-11(17-20-16-6-4-3-5-15(16)18(23)21-17)27-19(24)12(2)28-14-9-7-13(8-10-14)22(25)26/h3-12H,1-2H3,(H,20,21,23)/t11-,12+/m1/s1. The highest BCUT2D eigenvalue weighted by Crippen LogP contribution is 2.27. The fourth-order valence-electron chi connectivity index (χ4n) is 2.52. The van der Waals surface area contributed by atoms with Crippen molar-refractivity contribution >= 4 is 34.3 Å². The molecule has 0 fully saturated rings. The summed E-state index contributed by atoms with van der Waals surface area (Å²) < 4.78 is 5.44. The Hall–Kier alpha value is -3.20. The van der Waals surface area contributed by atoms with Gasteiger partial charge in [-0.3, -0.25) is 19.7 Å². The third-order valence-electron chi connectivity index (χ3n) is 4.00. The second-order valence-corrected chi connectivity index (χ2v) is 7.47. The maximum absolute atomic E-state index is 12.4. The normalized spacial score (nSPS) is 13.1. The number of esters is 1. The predicted molar refractivity (Wildman–Crippen MR) is 105 cm³/mol. The number of thioether (sulfide) groups is 1. The van der Waals surface area contributed by atoms with Gasteiger partial charge < -0.3 is 9.72 Å². The van der Waals surface area contributed by atoms with Gasteiger partial charge in [-0.2, -0.15) is 0 Å². The molecule has 1 aromatic heterocycles. The number of nitrogens with zero attached hydrogens (tertiary/aromatic N) is 2. The third-order valence-corrected chi connectivity index (χ3v) is 5.09. The van der Waals surface area contributed by atoms with Crippen LogP contribution in [0.1, 0.15) is 25.8 Å². The van der Waals surface area contributed by atoms with Crippen molar-refractivity contribution < 1.29 is 14.5 Å². The van der Waals surface area contributed by atoms with Gasteiger partial charge in [0.1, 0.15) is 5.25 Å². The molecule has 0 unspecified atom stereocenters. The Morgan fingerprint density at radius 2 is 1.86 bits per heavy atom. The number of hydrogen-bond donors (Lipinski definition) is 1. The third kappa shape index (κ3) is 4.37. The topological polar surface area (TPSA) is 115 Å². The molecule has 0 aliphatic carbocycles. The molecule has 2 atom stereocenters. The summed E-state index contributed by atoms with van der Waals surface area (Å²) in [6, 6.07) is 12.8.